The van der Waals surface area contributed by atoms with Crippen molar-refractivity contribution in [2.24, 2.45) is 5.92 Å². The van der Waals surface area contributed by atoms with E-state index in [-0.39, 0.29) is 18.6 Å². The fourth-order valence-electron chi connectivity index (χ4n) is 2.64. The van der Waals surface area contributed by atoms with Crippen LogP contribution in [0.15, 0.2) is 24.3 Å². The Hall–Kier alpha value is -2.25. The number of nitrogens with zero attached hydrogens (tertiary/aromatic N) is 3. The molecule has 1 aliphatic rings. The zero-order chi connectivity index (χ0) is 16.2. The summed E-state index contributed by atoms with van der Waals surface area (Å²) in [6.07, 6.45) is 0. The van der Waals surface area contributed by atoms with E-state index in [9.17, 15) is 9.90 Å². The monoisotopic (exact) mass is 316 g/mol. The van der Waals surface area contributed by atoms with E-state index >= 15 is 0 Å². The molecule has 0 aliphatic carbocycles. The molecule has 1 atom stereocenters. The third-order valence-corrected chi connectivity index (χ3v) is 3.88. The van der Waals surface area contributed by atoms with Gasteiger partial charge in [-0.3, -0.25) is 0 Å². The minimum Gasteiger partial charge on any atom is -0.396 e. The van der Waals surface area contributed by atoms with Gasteiger partial charge in [-0.15, -0.1) is 0 Å². The molecule has 0 saturated carbocycles. The van der Waals surface area contributed by atoms with Crippen molar-refractivity contribution in [2.75, 3.05) is 38.2 Å². The van der Waals surface area contributed by atoms with Gasteiger partial charge < -0.3 is 20.1 Å². The molecule has 0 spiro atoms. The number of aliphatic hydroxyl groups is 1. The minimum absolute atomic E-state index is 0.00678. The number of carbonyl (C=O) groups excluding carboxylic acids is 1. The van der Waals surface area contributed by atoms with E-state index < -0.39 is 0 Å². The van der Waals surface area contributed by atoms with Crippen LogP contribution >= 0.6 is 0 Å². The molecule has 1 aromatic carbocycles. The van der Waals surface area contributed by atoms with E-state index in [4.69, 9.17) is 4.74 Å². The van der Waals surface area contributed by atoms with Crippen molar-refractivity contribution in [3.63, 3.8) is 0 Å². The SMILES string of the molecule is Cc1cc2c(NC(=O)N3CCOC[C@@H](CO)C3)cccc2nn1. The summed E-state index contributed by atoms with van der Waals surface area (Å²) < 4.78 is 5.41. The van der Waals surface area contributed by atoms with Gasteiger partial charge in [0.25, 0.3) is 0 Å². The van der Waals surface area contributed by atoms with Crippen LogP contribution in [0.3, 0.4) is 0 Å². The highest BCUT2D eigenvalue weighted by molar-refractivity contribution is 6.00. The lowest BCUT2D eigenvalue weighted by molar-refractivity contribution is 0.0958. The van der Waals surface area contributed by atoms with Gasteiger partial charge in [0.15, 0.2) is 0 Å². The topological polar surface area (TPSA) is 87.6 Å². The van der Waals surface area contributed by atoms with E-state index in [1.54, 1.807) is 4.90 Å². The molecule has 23 heavy (non-hydrogen) atoms. The number of nitrogens with one attached hydrogen (secondary N) is 1. The average Bonchev–Trinajstić information content (AvgIpc) is 2.81. The number of urea groups is 1. The normalized spacial score (nSPS) is 18.7. The summed E-state index contributed by atoms with van der Waals surface area (Å²) in [6, 6.07) is 7.25. The summed E-state index contributed by atoms with van der Waals surface area (Å²) in [5.41, 5.74) is 2.24. The van der Waals surface area contributed by atoms with Crippen LogP contribution in [-0.2, 0) is 4.74 Å². The van der Waals surface area contributed by atoms with Crippen LogP contribution in [0, 0.1) is 12.8 Å². The summed E-state index contributed by atoms with van der Waals surface area (Å²) in [5.74, 6) is -0.0520. The van der Waals surface area contributed by atoms with Crippen molar-refractivity contribution < 1.29 is 14.6 Å². The van der Waals surface area contributed by atoms with Crippen LogP contribution in [0.4, 0.5) is 10.5 Å². The van der Waals surface area contributed by atoms with Crippen molar-refractivity contribution in [1.82, 2.24) is 15.1 Å². The molecule has 2 aromatic rings. The van der Waals surface area contributed by atoms with Crippen molar-refractivity contribution in [2.45, 2.75) is 6.92 Å². The summed E-state index contributed by atoms with van der Waals surface area (Å²) in [6.45, 7) is 3.81. The second kappa shape index (κ2) is 6.89. The number of hydrogen-bond donors (Lipinski definition) is 2. The summed E-state index contributed by atoms with van der Waals surface area (Å²) >= 11 is 0. The van der Waals surface area contributed by atoms with Crippen molar-refractivity contribution >= 4 is 22.6 Å². The maximum atomic E-state index is 12.6. The smallest absolute Gasteiger partial charge is 0.321 e. The molecule has 7 heteroatoms. The minimum atomic E-state index is -0.198. The Morgan fingerprint density at radius 3 is 3.17 bits per heavy atom. The average molecular weight is 316 g/mol. The van der Waals surface area contributed by atoms with Crippen molar-refractivity contribution in [1.29, 1.82) is 0 Å². The van der Waals surface area contributed by atoms with Crippen LogP contribution in [-0.4, -0.2) is 59.1 Å². The molecular formula is C16H20N4O3. The van der Waals surface area contributed by atoms with Crippen LogP contribution in [0.25, 0.3) is 10.9 Å². The molecule has 1 fully saturated rings. The van der Waals surface area contributed by atoms with Crippen molar-refractivity contribution in [3.8, 4) is 0 Å². The molecule has 2 amide bonds. The first-order valence-corrected chi connectivity index (χ1v) is 7.65. The van der Waals surface area contributed by atoms with E-state index in [0.717, 1.165) is 16.6 Å². The summed E-state index contributed by atoms with van der Waals surface area (Å²) in [4.78, 5) is 14.2. The second-order valence-electron chi connectivity index (χ2n) is 5.72. The molecule has 122 valence electrons. The first kappa shape index (κ1) is 15.6. The van der Waals surface area contributed by atoms with Crippen LogP contribution < -0.4 is 5.32 Å². The number of carbonyl (C=O) groups is 1. The van der Waals surface area contributed by atoms with Crippen LogP contribution in [0.5, 0.6) is 0 Å². The molecule has 7 nitrogen and oxygen atoms in total. The third kappa shape index (κ3) is 3.57. The van der Waals surface area contributed by atoms with Gasteiger partial charge in [0.05, 0.1) is 30.1 Å². The Balaban J connectivity index is 1.81. The van der Waals surface area contributed by atoms with Crippen molar-refractivity contribution in [3.05, 3.63) is 30.0 Å². The lowest BCUT2D eigenvalue weighted by Gasteiger charge is -2.23. The van der Waals surface area contributed by atoms with Gasteiger partial charge in [-0.2, -0.15) is 10.2 Å². The van der Waals surface area contributed by atoms with Crippen LogP contribution in [0.1, 0.15) is 5.69 Å². The Labute approximate surface area is 134 Å². The Kier molecular flexibility index (Phi) is 4.68. The molecule has 2 heterocycles. The highest BCUT2D eigenvalue weighted by Crippen LogP contribution is 2.22. The molecule has 0 radical (unpaired) electrons. The zero-order valence-corrected chi connectivity index (χ0v) is 13.0. The molecule has 0 unspecified atom stereocenters. The Morgan fingerprint density at radius 1 is 1.48 bits per heavy atom. The summed E-state index contributed by atoms with van der Waals surface area (Å²) in [7, 11) is 0. The molecule has 0 bridgehead atoms. The van der Waals surface area contributed by atoms with E-state index in [2.05, 4.69) is 15.5 Å². The standard InChI is InChI=1S/C16H20N4O3/c1-11-7-13-14(3-2-4-15(13)19-18-11)17-16(22)20-5-6-23-10-12(8-20)9-21/h2-4,7,12,21H,5-6,8-10H2,1H3,(H,17,22)/t12-/m1/s1. The van der Waals surface area contributed by atoms with Gasteiger partial charge in [0, 0.05) is 31.0 Å². The van der Waals surface area contributed by atoms with Gasteiger partial charge in [0.2, 0.25) is 0 Å². The molecule has 1 aliphatic heterocycles. The number of anilines is 1. The molecular weight excluding hydrogens is 296 g/mol. The molecule has 2 N–H and O–H groups in total. The number of aryl methyl sites for hydroxylation is 1. The maximum Gasteiger partial charge on any atom is 0.321 e. The number of aliphatic hydroxyl groups excluding tert-OH is 1. The van der Waals surface area contributed by atoms with Crippen LogP contribution in [0.2, 0.25) is 0 Å². The van der Waals surface area contributed by atoms with Gasteiger partial charge >= 0.3 is 6.03 Å². The van der Waals surface area contributed by atoms with Gasteiger partial charge in [-0.1, -0.05) is 6.07 Å². The van der Waals surface area contributed by atoms with Gasteiger partial charge in [-0.05, 0) is 25.1 Å². The Morgan fingerprint density at radius 2 is 2.35 bits per heavy atom. The lowest BCUT2D eigenvalue weighted by atomic mass is 10.1. The molecule has 1 saturated heterocycles. The second-order valence-corrected chi connectivity index (χ2v) is 5.72. The van der Waals surface area contributed by atoms with E-state index in [1.165, 1.54) is 0 Å². The first-order valence-electron chi connectivity index (χ1n) is 7.65. The number of fused-ring (bicyclic) bond motifs is 1. The van der Waals surface area contributed by atoms with Gasteiger partial charge in [0.1, 0.15) is 0 Å². The first-order chi connectivity index (χ1) is 11.2. The number of amides is 2. The van der Waals surface area contributed by atoms with E-state index in [1.807, 2.05) is 31.2 Å². The highest BCUT2D eigenvalue weighted by atomic mass is 16.5. The Bertz CT molecular complexity index is 707. The van der Waals surface area contributed by atoms with E-state index in [0.29, 0.717) is 32.0 Å². The third-order valence-electron chi connectivity index (χ3n) is 3.88. The maximum absolute atomic E-state index is 12.6. The number of hydrogen-bond acceptors (Lipinski definition) is 5. The fourth-order valence-corrected chi connectivity index (χ4v) is 2.64. The lowest BCUT2D eigenvalue weighted by Crippen LogP contribution is -2.39. The molecule has 3 rings (SSSR count). The fraction of sp³-hybridized carbons (Fsp3) is 0.438. The largest absolute Gasteiger partial charge is 0.396 e. The quantitative estimate of drug-likeness (QED) is 0.874. The number of rotatable bonds is 2. The summed E-state index contributed by atoms with van der Waals surface area (Å²) in [5, 5.41) is 21.3. The highest BCUT2D eigenvalue weighted by Gasteiger charge is 2.22. The number of ether oxygens (including phenoxy) is 1. The number of aromatic nitrogens is 2. The predicted molar refractivity (Wildman–Crippen MR) is 86.3 cm³/mol. The molecule has 1 aromatic heterocycles. The van der Waals surface area contributed by atoms with Gasteiger partial charge in [-0.25, -0.2) is 4.79 Å². The zero-order valence-electron chi connectivity index (χ0n) is 13.0. The number of benzene rings is 1. The predicted octanol–water partition coefficient (Wildman–Crippen LogP) is 1.41.